The number of halogens is 1. The molecule has 0 N–H and O–H groups in total. The van der Waals surface area contributed by atoms with E-state index < -0.39 is 116 Å². The number of hydrogen-bond acceptors (Lipinski definition) is 17. The average Bonchev–Trinajstić information content (AvgIpc) is 3.89. The average molecular weight is 1070 g/mol. The summed E-state index contributed by atoms with van der Waals surface area (Å²) in [4.78, 5) is 98.5. The van der Waals surface area contributed by atoms with Crippen LogP contribution < -0.4 is 0 Å². The standard InChI is InChI=1S/C61H49FO17/c62-38-61(52(77-59(69)45-34-20-7-21-35-45)49(74-56(66)42-28-14-4-15-29-42)47(78-61)37-71-54(64)40-24-10-2-11-25-40)79-60-51(76-58(68)44-32-18-6-19-33-44)50(75-57(67)43-30-16-5-17-31-43)48(73-55(65)41-26-12-3-13-27-41)46(72-60)36-70-53(63)39-22-8-1-9-23-39/h1-35,46-52,60H,36-38H2/t46-,47-,48-,49-,50+,51-,52+,60-,61+/m1/s1. The molecule has 7 aromatic rings. The van der Waals surface area contributed by atoms with Gasteiger partial charge in [-0.25, -0.2) is 38.0 Å². The molecule has 9 atom stereocenters. The minimum absolute atomic E-state index is 0.00453. The molecule has 2 fully saturated rings. The molecule has 18 heteroatoms. The Kier molecular flexibility index (Phi) is 17.7. The Morgan fingerprint density at radius 2 is 0.646 bits per heavy atom. The first-order valence-electron chi connectivity index (χ1n) is 24.8. The van der Waals surface area contributed by atoms with Gasteiger partial charge in [0.2, 0.25) is 12.1 Å². The van der Waals surface area contributed by atoms with Crippen LogP contribution in [0.1, 0.15) is 72.5 Å². The molecule has 402 valence electrons. The molecule has 0 spiro atoms. The van der Waals surface area contributed by atoms with E-state index in [4.69, 9.17) is 47.4 Å². The van der Waals surface area contributed by atoms with E-state index in [1.54, 1.807) is 103 Å². The van der Waals surface area contributed by atoms with Gasteiger partial charge >= 0.3 is 41.8 Å². The second-order valence-corrected chi connectivity index (χ2v) is 17.8. The van der Waals surface area contributed by atoms with Gasteiger partial charge in [0, 0.05) is 0 Å². The molecule has 2 aliphatic heterocycles. The lowest BCUT2D eigenvalue weighted by atomic mass is 9.97. The van der Waals surface area contributed by atoms with Crippen LogP contribution in [0, 0.1) is 0 Å². The van der Waals surface area contributed by atoms with Crippen LogP contribution in [0.2, 0.25) is 0 Å². The van der Waals surface area contributed by atoms with E-state index in [2.05, 4.69) is 0 Å². The fourth-order valence-electron chi connectivity index (χ4n) is 8.65. The maximum atomic E-state index is 17.0. The van der Waals surface area contributed by atoms with Crippen molar-refractivity contribution in [3.8, 4) is 0 Å². The van der Waals surface area contributed by atoms with Gasteiger partial charge in [0.1, 0.15) is 32.1 Å². The minimum Gasteiger partial charge on any atom is -0.459 e. The van der Waals surface area contributed by atoms with E-state index in [0.29, 0.717) is 0 Å². The Labute approximate surface area is 451 Å². The number of carbonyl (C=O) groups excluding carboxylic acids is 7. The second-order valence-electron chi connectivity index (χ2n) is 17.8. The molecule has 2 heterocycles. The first kappa shape index (κ1) is 54.4. The van der Waals surface area contributed by atoms with Crippen LogP contribution in [0.25, 0.3) is 0 Å². The predicted octanol–water partition coefficient (Wildman–Crippen LogP) is 8.63. The van der Waals surface area contributed by atoms with Gasteiger partial charge in [0.15, 0.2) is 30.5 Å². The normalized spacial score (nSPS) is 22.2. The Morgan fingerprint density at radius 1 is 0.354 bits per heavy atom. The van der Waals surface area contributed by atoms with Crippen molar-refractivity contribution in [2.45, 2.75) is 54.8 Å². The third-order valence-corrected chi connectivity index (χ3v) is 12.6. The quantitative estimate of drug-likeness (QED) is 0.0548. The fourth-order valence-corrected chi connectivity index (χ4v) is 8.65. The summed E-state index contributed by atoms with van der Waals surface area (Å²) in [5, 5.41) is 0. The van der Waals surface area contributed by atoms with Gasteiger partial charge in [0.05, 0.1) is 38.9 Å². The van der Waals surface area contributed by atoms with Crippen molar-refractivity contribution in [3.05, 3.63) is 251 Å². The largest absolute Gasteiger partial charge is 0.459 e. The third-order valence-electron chi connectivity index (χ3n) is 12.6. The summed E-state index contributed by atoms with van der Waals surface area (Å²) < 4.78 is 78.7. The topological polar surface area (TPSA) is 212 Å². The van der Waals surface area contributed by atoms with Crippen molar-refractivity contribution in [1.29, 1.82) is 0 Å². The van der Waals surface area contributed by atoms with E-state index in [-0.39, 0.29) is 38.9 Å². The number of esters is 7. The summed E-state index contributed by atoms with van der Waals surface area (Å²) in [6.07, 6.45) is -15.7. The lowest BCUT2D eigenvalue weighted by Crippen LogP contribution is -2.65. The summed E-state index contributed by atoms with van der Waals surface area (Å²) in [6, 6.07) is 53.4. The number of carbonyl (C=O) groups is 7. The maximum absolute atomic E-state index is 17.0. The Morgan fingerprint density at radius 3 is 1.00 bits per heavy atom. The molecule has 2 aliphatic rings. The highest BCUT2D eigenvalue weighted by Crippen LogP contribution is 2.42. The molecule has 0 amide bonds. The van der Waals surface area contributed by atoms with E-state index in [1.807, 2.05) is 0 Å². The van der Waals surface area contributed by atoms with Gasteiger partial charge in [-0.2, -0.15) is 0 Å². The van der Waals surface area contributed by atoms with Crippen LogP contribution in [0.3, 0.4) is 0 Å². The molecule has 9 rings (SSSR count). The molecule has 0 saturated carbocycles. The first-order valence-corrected chi connectivity index (χ1v) is 24.8. The smallest absolute Gasteiger partial charge is 0.338 e. The molecule has 0 bridgehead atoms. The number of ether oxygens (including phenoxy) is 10. The van der Waals surface area contributed by atoms with E-state index in [0.717, 1.165) is 0 Å². The Hall–Kier alpha value is -9.36. The van der Waals surface area contributed by atoms with Crippen molar-refractivity contribution in [2.24, 2.45) is 0 Å². The van der Waals surface area contributed by atoms with Crippen LogP contribution in [0.4, 0.5) is 4.39 Å². The first-order chi connectivity index (χ1) is 38.5. The Bertz CT molecular complexity index is 3190. The van der Waals surface area contributed by atoms with Gasteiger partial charge in [-0.05, 0) is 84.9 Å². The van der Waals surface area contributed by atoms with E-state index >= 15 is 4.39 Å². The van der Waals surface area contributed by atoms with Crippen LogP contribution in [-0.2, 0) is 47.4 Å². The van der Waals surface area contributed by atoms with Crippen molar-refractivity contribution < 1.29 is 85.3 Å². The zero-order valence-electron chi connectivity index (χ0n) is 41.8. The molecule has 0 unspecified atom stereocenters. The van der Waals surface area contributed by atoms with Crippen molar-refractivity contribution in [3.63, 3.8) is 0 Å². The SMILES string of the molecule is O=C(OC[C@H]1O[C@@](CF)(O[C@H]2O[C@H](COC(=O)c3ccccc3)[C@@H](OC(=O)c3ccccc3)[C@H](OC(=O)c3ccccc3)[C@H]2OC(=O)c2ccccc2)[C@@H](OC(=O)c2ccccc2)[C@@H]1OC(=O)c1ccccc1)c1ccccc1. The van der Waals surface area contributed by atoms with Crippen LogP contribution >= 0.6 is 0 Å². The highest BCUT2D eigenvalue weighted by Gasteiger charge is 2.65. The van der Waals surface area contributed by atoms with Crippen LogP contribution in [-0.4, -0.2) is 116 Å². The zero-order valence-corrected chi connectivity index (χ0v) is 41.8. The number of rotatable bonds is 19. The number of hydrogen-bond donors (Lipinski definition) is 0. The summed E-state index contributed by atoms with van der Waals surface area (Å²) in [5.41, 5.74) is 0.0939. The highest BCUT2D eigenvalue weighted by atomic mass is 19.1. The van der Waals surface area contributed by atoms with Crippen molar-refractivity contribution in [2.75, 3.05) is 19.9 Å². The maximum Gasteiger partial charge on any atom is 0.338 e. The molecule has 7 aromatic carbocycles. The lowest BCUT2D eigenvalue weighted by Gasteiger charge is -2.46. The number of alkyl halides is 1. The molecule has 0 radical (unpaired) electrons. The molecule has 0 aromatic heterocycles. The van der Waals surface area contributed by atoms with Crippen molar-refractivity contribution >= 4 is 41.8 Å². The Balaban J connectivity index is 1.18. The highest BCUT2D eigenvalue weighted by molar-refractivity contribution is 5.93. The summed E-state index contributed by atoms with van der Waals surface area (Å²) in [7, 11) is 0. The molecular formula is C61H49FO17. The van der Waals surface area contributed by atoms with Gasteiger partial charge in [-0.15, -0.1) is 0 Å². The predicted molar refractivity (Wildman–Crippen MR) is 275 cm³/mol. The summed E-state index contributed by atoms with van der Waals surface area (Å²) in [5.74, 6) is -9.98. The van der Waals surface area contributed by atoms with Gasteiger partial charge in [-0.1, -0.05) is 127 Å². The molecular weight excluding hydrogens is 1020 g/mol. The third kappa shape index (κ3) is 13.3. The summed E-state index contributed by atoms with van der Waals surface area (Å²) in [6.45, 7) is -3.36. The monoisotopic (exact) mass is 1070 g/mol. The van der Waals surface area contributed by atoms with Crippen LogP contribution in [0.5, 0.6) is 0 Å². The fraction of sp³-hybridized carbons (Fsp3) is 0.197. The summed E-state index contributed by atoms with van der Waals surface area (Å²) >= 11 is 0. The lowest BCUT2D eigenvalue weighted by molar-refractivity contribution is -0.377. The molecule has 17 nitrogen and oxygen atoms in total. The zero-order chi connectivity index (χ0) is 55.1. The van der Waals surface area contributed by atoms with Gasteiger partial charge in [-0.3, -0.25) is 0 Å². The minimum atomic E-state index is -3.00. The number of benzene rings is 7. The van der Waals surface area contributed by atoms with Crippen molar-refractivity contribution in [1.82, 2.24) is 0 Å². The van der Waals surface area contributed by atoms with Gasteiger partial charge in [0.25, 0.3) is 0 Å². The van der Waals surface area contributed by atoms with E-state index in [9.17, 15) is 33.6 Å². The molecule has 79 heavy (non-hydrogen) atoms. The molecule has 0 aliphatic carbocycles. The molecule has 2 saturated heterocycles. The van der Waals surface area contributed by atoms with Gasteiger partial charge < -0.3 is 47.4 Å². The van der Waals surface area contributed by atoms with Crippen LogP contribution in [0.15, 0.2) is 212 Å². The second kappa shape index (κ2) is 25.7. The van der Waals surface area contributed by atoms with E-state index in [1.165, 1.54) is 109 Å².